The average Bonchev–Trinajstić information content (AvgIpc) is 3.12. The van der Waals surface area contributed by atoms with Crippen molar-refractivity contribution in [2.75, 3.05) is 18.0 Å². The number of fused-ring (bicyclic) bond motifs is 1. The summed E-state index contributed by atoms with van der Waals surface area (Å²) in [6, 6.07) is 0.555. The van der Waals surface area contributed by atoms with Crippen molar-refractivity contribution in [1.82, 2.24) is 29.1 Å². The summed E-state index contributed by atoms with van der Waals surface area (Å²) in [6.45, 7) is 5.77. The van der Waals surface area contributed by atoms with Gasteiger partial charge in [0.1, 0.15) is 12.1 Å². The summed E-state index contributed by atoms with van der Waals surface area (Å²) in [4.78, 5) is 26.2. The molecule has 0 saturated carbocycles. The first-order valence-electron chi connectivity index (χ1n) is 9.29. The molecule has 0 spiro atoms. The fourth-order valence-electron chi connectivity index (χ4n) is 3.71. The first-order chi connectivity index (χ1) is 13.7. The third-order valence-electron chi connectivity index (χ3n) is 5.42. The van der Waals surface area contributed by atoms with E-state index in [9.17, 15) is 18.0 Å². The molecule has 3 aromatic rings. The van der Waals surface area contributed by atoms with E-state index in [0.29, 0.717) is 18.4 Å². The van der Waals surface area contributed by atoms with Crippen LogP contribution in [0.2, 0.25) is 0 Å². The van der Waals surface area contributed by atoms with E-state index in [1.54, 1.807) is 4.52 Å². The molecule has 0 unspecified atom stereocenters. The molecule has 4 heterocycles. The number of piperidine rings is 1. The largest absolute Gasteiger partial charge is 0.433 e. The second-order valence-electron chi connectivity index (χ2n) is 7.31. The topological polar surface area (TPSA) is 81.2 Å². The number of aryl methyl sites for hydroxylation is 1. The van der Waals surface area contributed by atoms with E-state index in [-0.39, 0.29) is 5.92 Å². The van der Waals surface area contributed by atoms with Crippen LogP contribution in [0.4, 0.5) is 19.0 Å². The van der Waals surface area contributed by atoms with Crippen LogP contribution >= 0.6 is 0 Å². The molecule has 154 valence electrons. The highest BCUT2D eigenvalue weighted by molar-refractivity contribution is 5.54. The molecular formula is C18H20F3N7O. The van der Waals surface area contributed by atoms with Crippen LogP contribution < -0.4 is 10.5 Å². The Kier molecular flexibility index (Phi) is 4.75. The van der Waals surface area contributed by atoms with Gasteiger partial charge in [0.2, 0.25) is 0 Å². The zero-order valence-electron chi connectivity index (χ0n) is 16.0. The lowest BCUT2D eigenvalue weighted by Crippen LogP contribution is -2.38. The Balaban J connectivity index is 1.48. The predicted molar refractivity (Wildman–Crippen MR) is 98.7 cm³/mol. The smallest absolute Gasteiger partial charge is 0.356 e. The normalized spacial score (nSPS) is 16.0. The highest BCUT2D eigenvalue weighted by Crippen LogP contribution is 2.28. The number of anilines is 1. The second-order valence-corrected chi connectivity index (χ2v) is 7.31. The lowest BCUT2D eigenvalue weighted by atomic mass is 9.96. The summed E-state index contributed by atoms with van der Waals surface area (Å²) in [5.41, 5.74) is 0.0863. The Morgan fingerprint density at radius 1 is 1.17 bits per heavy atom. The zero-order chi connectivity index (χ0) is 20.8. The van der Waals surface area contributed by atoms with Crippen LogP contribution in [0.3, 0.4) is 0 Å². The van der Waals surface area contributed by atoms with Crippen molar-refractivity contribution in [2.45, 2.75) is 39.4 Å². The van der Waals surface area contributed by atoms with Crippen LogP contribution in [-0.4, -0.2) is 42.2 Å². The van der Waals surface area contributed by atoms with E-state index < -0.39 is 17.4 Å². The molecule has 0 atom stereocenters. The van der Waals surface area contributed by atoms with Gasteiger partial charge in [-0.15, -0.1) is 0 Å². The van der Waals surface area contributed by atoms with Crippen LogP contribution in [0, 0.1) is 19.8 Å². The zero-order valence-corrected chi connectivity index (χ0v) is 16.0. The van der Waals surface area contributed by atoms with Crippen molar-refractivity contribution in [3.05, 3.63) is 46.0 Å². The van der Waals surface area contributed by atoms with Crippen molar-refractivity contribution in [3.8, 4) is 0 Å². The van der Waals surface area contributed by atoms with Gasteiger partial charge in [0.15, 0.2) is 5.69 Å². The third kappa shape index (κ3) is 3.68. The van der Waals surface area contributed by atoms with E-state index in [4.69, 9.17) is 0 Å². The standard InChI is InChI=1S/C18H20F3N7O/c1-11-12(2)25-17-22-9-24-28(17)16(11)26-5-3-13(4-6-26)8-27-10-23-14(7-15(27)29)18(19,20)21/h7,9-10,13H,3-6,8H2,1-2H3. The van der Waals surface area contributed by atoms with Gasteiger partial charge in [0.25, 0.3) is 11.3 Å². The number of hydrogen-bond donors (Lipinski definition) is 0. The number of halogens is 3. The fraction of sp³-hybridized carbons (Fsp3) is 0.500. The molecule has 0 aliphatic carbocycles. The summed E-state index contributed by atoms with van der Waals surface area (Å²) < 4.78 is 41.0. The summed E-state index contributed by atoms with van der Waals surface area (Å²) in [6.07, 6.45) is -0.555. The molecule has 3 aromatic heterocycles. The summed E-state index contributed by atoms with van der Waals surface area (Å²) in [5, 5.41) is 4.28. The van der Waals surface area contributed by atoms with Crippen LogP contribution in [-0.2, 0) is 12.7 Å². The number of nitrogens with zero attached hydrogens (tertiary/aromatic N) is 7. The molecule has 11 heteroatoms. The number of rotatable bonds is 3. The van der Waals surface area contributed by atoms with E-state index in [0.717, 1.165) is 49.3 Å². The van der Waals surface area contributed by atoms with Gasteiger partial charge in [-0.25, -0.2) is 9.97 Å². The van der Waals surface area contributed by atoms with Crippen LogP contribution in [0.1, 0.15) is 29.8 Å². The molecule has 1 aliphatic rings. The Morgan fingerprint density at radius 3 is 2.55 bits per heavy atom. The number of aromatic nitrogens is 6. The van der Waals surface area contributed by atoms with Crippen LogP contribution in [0.15, 0.2) is 23.5 Å². The van der Waals surface area contributed by atoms with Crippen LogP contribution in [0.25, 0.3) is 5.78 Å². The minimum atomic E-state index is -4.61. The highest BCUT2D eigenvalue weighted by Gasteiger charge is 2.33. The molecule has 29 heavy (non-hydrogen) atoms. The minimum Gasteiger partial charge on any atom is -0.356 e. The minimum absolute atomic E-state index is 0.178. The SMILES string of the molecule is Cc1nc2ncnn2c(N2CCC(Cn3cnc(C(F)(F)F)cc3=O)CC2)c1C. The van der Waals surface area contributed by atoms with Gasteiger partial charge in [-0.2, -0.15) is 27.8 Å². The molecule has 0 bridgehead atoms. The number of hydrogen-bond acceptors (Lipinski definition) is 6. The third-order valence-corrected chi connectivity index (χ3v) is 5.42. The average molecular weight is 407 g/mol. The summed E-state index contributed by atoms with van der Waals surface area (Å²) in [7, 11) is 0. The fourth-order valence-corrected chi connectivity index (χ4v) is 3.71. The van der Waals surface area contributed by atoms with Gasteiger partial charge in [-0.1, -0.05) is 0 Å². The Hall–Kier alpha value is -2.98. The first-order valence-corrected chi connectivity index (χ1v) is 9.29. The summed E-state index contributed by atoms with van der Waals surface area (Å²) in [5.74, 6) is 1.68. The Labute approximate surface area is 164 Å². The predicted octanol–water partition coefficient (Wildman–Crippen LogP) is 2.23. The van der Waals surface area contributed by atoms with E-state index >= 15 is 0 Å². The molecule has 8 nitrogen and oxygen atoms in total. The highest BCUT2D eigenvalue weighted by atomic mass is 19.4. The maximum atomic E-state index is 12.7. The van der Waals surface area contributed by atoms with Crippen molar-refractivity contribution >= 4 is 11.6 Å². The maximum Gasteiger partial charge on any atom is 0.433 e. The van der Waals surface area contributed by atoms with Gasteiger partial charge in [0.05, 0.1) is 6.33 Å². The number of alkyl halides is 3. The molecule has 1 fully saturated rings. The molecule has 0 aromatic carbocycles. The molecule has 1 saturated heterocycles. The second kappa shape index (κ2) is 7.12. The maximum absolute atomic E-state index is 12.7. The van der Waals surface area contributed by atoms with E-state index in [1.807, 2.05) is 13.8 Å². The van der Waals surface area contributed by atoms with E-state index in [2.05, 4.69) is 25.0 Å². The van der Waals surface area contributed by atoms with E-state index in [1.165, 1.54) is 10.9 Å². The lowest BCUT2D eigenvalue weighted by Gasteiger charge is -2.34. The molecule has 0 amide bonds. The lowest BCUT2D eigenvalue weighted by molar-refractivity contribution is -0.141. The van der Waals surface area contributed by atoms with Crippen molar-refractivity contribution in [2.24, 2.45) is 5.92 Å². The Morgan fingerprint density at radius 2 is 1.90 bits per heavy atom. The summed E-state index contributed by atoms with van der Waals surface area (Å²) >= 11 is 0. The van der Waals surface area contributed by atoms with Gasteiger partial charge < -0.3 is 4.90 Å². The Bertz CT molecular complexity index is 1100. The van der Waals surface area contributed by atoms with Crippen molar-refractivity contribution < 1.29 is 13.2 Å². The van der Waals surface area contributed by atoms with Crippen molar-refractivity contribution in [3.63, 3.8) is 0 Å². The van der Waals surface area contributed by atoms with Gasteiger partial charge in [0, 0.05) is 37.0 Å². The van der Waals surface area contributed by atoms with Gasteiger partial charge >= 0.3 is 6.18 Å². The van der Waals surface area contributed by atoms with Crippen molar-refractivity contribution in [1.29, 1.82) is 0 Å². The molecular weight excluding hydrogens is 387 g/mol. The van der Waals surface area contributed by atoms with Crippen LogP contribution in [0.5, 0.6) is 0 Å². The monoisotopic (exact) mass is 407 g/mol. The molecule has 0 N–H and O–H groups in total. The molecule has 1 aliphatic heterocycles. The first kappa shape index (κ1) is 19.3. The van der Waals surface area contributed by atoms with Gasteiger partial charge in [-0.3, -0.25) is 9.36 Å². The van der Waals surface area contributed by atoms with Gasteiger partial charge in [-0.05, 0) is 32.6 Å². The molecule has 0 radical (unpaired) electrons. The molecule has 4 rings (SSSR count). The quantitative estimate of drug-likeness (QED) is 0.662.